The highest BCUT2D eigenvalue weighted by atomic mass is 32.1. The fourth-order valence-electron chi connectivity index (χ4n) is 1.94. The first-order valence-corrected chi connectivity index (χ1v) is 8.36. The normalized spacial score (nSPS) is 10.8. The van der Waals surface area contributed by atoms with E-state index in [1.165, 1.54) is 18.2 Å². The molecule has 1 aromatic carbocycles. The third-order valence-corrected chi connectivity index (χ3v) is 3.96. The van der Waals surface area contributed by atoms with Gasteiger partial charge in [0.1, 0.15) is 0 Å². The van der Waals surface area contributed by atoms with Crippen LogP contribution in [0, 0.1) is 10.1 Å². The summed E-state index contributed by atoms with van der Waals surface area (Å²) in [6.07, 6.45) is 2.90. The van der Waals surface area contributed by atoms with Crippen LogP contribution in [0.5, 0.6) is 0 Å². The van der Waals surface area contributed by atoms with Gasteiger partial charge in [0.2, 0.25) is 0 Å². The number of nitrogens with one attached hydrogen (secondary N) is 2. The quantitative estimate of drug-likeness (QED) is 0.351. The number of nitro groups is 1. The van der Waals surface area contributed by atoms with Gasteiger partial charge >= 0.3 is 11.0 Å². The van der Waals surface area contributed by atoms with Gasteiger partial charge in [-0.15, -0.1) is 0 Å². The van der Waals surface area contributed by atoms with Crippen molar-refractivity contribution >= 4 is 39.9 Å². The molecule has 1 aromatic heterocycles. The number of benzene rings is 1. The van der Waals surface area contributed by atoms with Crippen LogP contribution in [0.2, 0.25) is 0 Å². The third kappa shape index (κ3) is 5.54. The van der Waals surface area contributed by atoms with E-state index in [0.717, 1.165) is 11.3 Å². The lowest BCUT2D eigenvalue weighted by Crippen LogP contribution is -2.34. The number of amides is 2. The number of hydrogen-bond donors (Lipinski definition) is 2. The Hall–Kier alpha value is -3.00. The number of carbonyl (C=O) groups excluding carboxylic acids is 2. The molecule has 2 amide bonds. The molecule has 0 atom stereocenters. The highest BCUT2D eigenvalue weighted by Crippen LogP contribution is 2.23. The van der Waals surface area contributed by atoms with E-state index in [1.54, 1.807) is 29.6 Å². The molecule has 8 heteroatoms. The average Bonchev–Trinajstić information content (AvgIpc) is 3.01. The lowest BCUT2D eigenvalue weighted by molar-refractivity contribution is -0.380. The van der Waals surface area contributed by atoms with Gasteiger partial charge in [-0.2, -0.15) is 0 Å². The Kier molecular flexibility index (Phi) is 6.02. The summed E-state index contributed by atoms with van der Waals surface area (Å²) in [5.41, 5.74) is 1.64. The first kappa shape index (κ1) is 18.3. The maximum absolute atomic E-state index is 12.1. The number of urea groups is 1. The van der Waals surface area contributed by atoms with E-state index in [9.17, 15) is 19.7 Å². The molecule has 0 saturated carbocycles. The molecule has 2 N–H and O–H groups in total. The van der Waals surface area contributed by atoms with Crippen LogP contribution < -0.4 is 10.6 Å². The van der Waals surface area contributed by atoms with Gasteiger partial charge in [-0.3, -0.25) is 14.9 Å². The number of rotatable bonds is 6. The van der Waals surface area contributed by atoms with Gasteiger partial charge in [-0.1, -0.05) is 11.3 Å². The highest BCUT2D eigenvalue weighted by Gasteiger charge is 2.09. The molecule has 2 aromatic rings. The van der Waals surface area contributed by atoms with Crippen molar-refractivity contribution in [1.82, 2.24) is 5.32 Å². The minimum atomic E-state index is -0.467. The van der Waals surface area contributed by atoms with E-state index >= 15 is 0 Å². The van der Waals surface area contributed by atoms with Crippen LogP contribution in [0.3, 0.4) is 0 Å². The second-order valence-electron chi connectivity index (χ2n) is 5.50. The van der Waals surface area contributed by atoms with Gasteiger partial charge < -0.3 is 10.6 Å². The molecule has 0 aliphatic heterocycles. The molecule has 2 rings (SSSR count). The number of allylic oxidation sites excluding steroid dienone is 1. The van der Waals surface area contributed by atoms with Gasteiger partial charge in [0.15, 0.2) is 5.78 Å². The summed E-state index contributed by atoms with van der Waals surface area (Å²) < 4.78 is 0. The maximum atomic E-state index is 12.1. The number of thiophene rings is 1. The molecule has 0 saturated heterocycles. The van der Waals surface area contributed by atoms with Crippen LogP contribution in [-0.2, 0) is 0 Å². The summed E-state index contributed by atoms with van der Waals surface area (Å²) in [5.74, 6) is -0.230. The summed E-state index contributed by atoms with van der Waals surface area (Å²) >= 11 is 1.01. The molecule has 0 unspecified atom stereocenters. The van der Waals surface area contributed by atoms with Crippen LogP contribution in [0.1, 0.15) is 29.8 Å². The molecule has 0 fully saturated rings. The maximum Gasteiger partial charge on any atom is 0.324 e. The lowest BCUT2D eigenvalue weighted by Gasteiger charge is -2.10. The van der Waals surface area contributed by atoms with Gasteiger partial charge in [0.05, 0.1) is 4.92 Å². The Morgan fingerprint density at radius 3 is 2.48 bits per heavy atom. The van der Waals surface area contributed by atoms with Crippen molar-refractivity contribution in [2.24, 2.45) is 0 Å². The molecular formula is C17H17N3O4S. The van der Waals surface area contributed by atoms with E-state index < -0.39 is 4.92 Å². The Bertz CT molecular complexity index is 810. The largest absolute Gasteiger partial charge is 0.336 e. The molecule has 1 heterocycles. The summed E-state index contributed by atoms with van der Waals surface area (Å²) in [5, 5.41) is 17.6. The lowest BCUT2D eigenvalue weighted by atomic mass is 10.1. The van der Waals surface area contributed by atoms with E-state index in [2.05, 4.69) is 10.6 Å². The number of anilines is 1. The fraction of sp³-hybridized carbons (Fsp3) is 0.176. The molecule has 0 radical (unpaired) electrons. The van der Waals surface area contributed by atoms with E-state index in [4.69, 9.17) is 0 Å². The van der Waals surface area contributed by atoms with Crippen molar-refractivity contribution in [2.45, 2.75) is 19.9 Å². The Morgan fingerprint density at radius 2 is 1.92 bits per heavy atom. The predicted molar refractivity (Wildman–Crippen MR) is 98.1 cm³/mol. The minimum Gasteiger partial charge on any atom is -0.336 e. The fourth-order valence-corrected chi connectivity index (χ4v) is 2.63. The van der Waals surface area contributed by atoms with Crippen molar-refractivity contribution in [3.63, 3.8) is 0 Å². The first-order chi connectivity index (χ1) is 11.8. The summed E-state index contributed by atoms with van der Waals surface area (Å²) in [6.45, 7) is 3.71. The zero-order chi connectivity index (χ0) is 18.4. The first-order valence-electron chi connectivity index (χ1n) is 7.48. The van der Waals surface area contributed by atoms with Crippen molar-refractivity contribution in [3.8, 4) is 0 Å². The Balaban J connectivity index is 1.98. The van der Waals surface area contributed by atoms with Gasteiger partial charge in [0, 0.05) is 28.7 Å². The zero-order valence-electron chi connectivity index (χ0n) is 13.7. The standard InChI is InChI=1S/C17H17N3O4S/c1-11(2)18-17(22)19-14-6-4-13(5-7-14)15(21)8-3-12-9-16(20(23)24)25-10-12/h3-11H,1-2H3,(H2,18,19,22)/b8-3+. The molecule has 25 heavy (non-hydrogen) atoms. The number of ketones is 1. The minimum absolute atomic E-state index is 0.0268. The smallest absolute Gasteiger partial charge is 0.324 e. The monoisotopic (exact) mass is 359 g/mol. The molecule has 7 nitrogen and oxygen atoms in total. The van der Waals surface area contributed by atoms with E-state index in [0.29, 0.717) is 16.8 Å². The van der Waals surface area contributed by atoms with Crippen molar-refractivity contribution in [1.29, 1.82) is 0 Å². The van der Waals surface area contributed by atoms with Gasteiger partial charge in [-0.05, 0) is 55.8 Å². The summed E-state index contributed by atoms with van der Waals surface area (Å²) in [6, 6.07) is 7.61. The second-order valence-corrected chi connectivity index (χ2v) is 6.39. The Morgan fingerprint density at radius 1 is 1.24 bits per heavy atom. The van der Waals surface area contributed by atoms with Crippen LogP contribution >= 0.6 is 11.3 Å². The molecule has 0 bridgehead atoms. The predicted octanol–water partition coefficient (Wildman–Crippen LogP) is 4.08. The summed E-state index contributed by atoms with van der Waals surface area (Å²) in [4.78, 5) is 33.9. The molecule has 0 aliphatic rings. The second kappa shape index (κ2) is 8.20. The summed E-state index contributed by atoms with van der Waals surface area (Å²) in [7, 11) is 0. The molecule has 0 spiro atoms. The topological polar surface area (TPSA) is 101 Å². The van der Waals surface area contributed by atoms with Crippen LogP contribution in [-0.4, -0.2) is 22.8 Å². The van der Waals surface area contributed by atoms with Crippen molar-refractivity contribution in [2.75, 3.05) is 5.32 Å². The van der Waals surface area contributed by atoms with Crippen molar-refractivity contribution < 1.29 is 14.5 Å². The zero-order valence-corrected chi connectivity index (χ0v) is 14.5. The molecule has 130 valence electrons. The number of nitrogens with zero attached hydrogens (tertiary/aromatic N) is 1. The van der Waals surface area contributed by atoms with Gasteiger partial charge in [-0.25, -0.2) is 4.79 Å². The number of carbonyl (C=O) groups is 2. The van der Waals surface area contributed by atoms with Crippen LogP contribution in [0.25, 0.3) is 6.08 Å². The number of hydrogen-bond acceptors (Lipinski definition) is 5. The van der Waals surface area contributed by atoms with E-state index in [-0.39, 0.29) is 22.9 Å². The van der Waals surface area contributed by atoms with Crippen molar-refractivity contribution in [3.05, 3.63) is 63.0 Å². The average molecular weight is 359 g/mol. The highest BCUT2D eigenvalue weighted by molar-refractivity contribution is 7.13. The van der Waals surface area contributed by atoms with E-state index in [1.807, 2.05) is 13.8 Å². The van der Waals surface area contributed by atoms with Gasteiger partial charge in [0.25, 0.3) is 0 Å². The third-order valence-electron chi connectivity index (χ3n) is 3.06. The Labute approximate surface area is 148 Å². The molecular weight excluding hydrogens is 342 g/mol. The van der Waals surface area contributed by atoms with Crippen LogP contribution in [0.15, 0.2) is 41.8 Å². The van der Waals surface area contributed by atoms with Crippen LogP contribution in [0.4, 0.5) is 15.5 Å². The SMILES string of the molecule is CC(C)NC(=O)Nc1ccc(C(=O)/C=C/c2csc([N+](=O)[O-])c2)cc1. The molecule has 0 aliphatic carbocycles.